The third kappa shape index (κ3) is 5.27. The summed E-state index contributed by atoms with van der Waals surface area (Å²) in [6.45, 7) is 4.25. The molecule has 0 saturated heterocycles. The van der Waals surface area contributed by atoms with E-state index in [0.717, 1.165) is 18.8 Å². The Labute approximate surface area is 101 Å². The Balaban J connectivity index is 2.29. The summed E-state index contributed by atoms with van der Waals surface area (Å²) in [5, 5.41) is 1.18. The first-order chi connectivity index (χ1) is 7.36. The number of benzene rings is 1. The van der Waals surface area contributed by atoms with Gasteiger partial charge in [0, 0.05) is 0 Å². The molecule has 1 aromatic rings. The molecule has 0 bridgehead atoms. The van der Waals surface area contributed by atoms with E-state index in [-0.39, 0.29) is 0 Å². The number of hydrogen-bond acceptors (Lipinski definition) is 2. The summed E-state index contributed by atoms with van der Waals surface area (Å²) in [5.74, 6) is 0.926. The van der Waals surface area contributed by atoms with Crippen molar-refractivity contribution in [1.29, 1.82) is 0 Å². The number of rotatable bonds is 7. The molecule has 0 radical (unpaired) electrons. The Morgan fingerprint density at radius 3 is 2.53 bits per heavy atom. The maximum atomic E-state index is 5.52. The molecular formula is C12H17LiO2. The van der Waals surface area contributed by atoms with Gasteiger partial charge >= 0.3 is 101 Å². The summed E-state index contributed by atoms with van der Waals surface area (Å²) in [6.07, 6.45) is 1.14. The molecule has 0 saturated carbocycles. The Kier molecular flexibility index (Phi) is 6.59. The summed E-state index contributed by atoms with van der Waals surface area (Å²) in [7, 11) is 0. The van der Waals surface area contributed by atoms with Gasteiger partial charge in [-0.3, -0.25) is 0 Å². The predicted molar refractivity (Wildman–Crippen MR) is 62.4 cm³/mol. The molecule has 0 aliphatic heterocycles. The van der Waals surface area contributed by atoms with Gasteiger partial charge in [-0.05, 0) is 0 Å². The Bertz CT molecular complexity index is 259. The minimum absolute atomic E-state index is 0.701. The van der Waals surface area contributed by atoms with Gasteiger partial charge < -0.3 is 0 Å². The first-order valence-corrected chi connectivity index (χ1v) is 5.66. The van der Waals surface area contributed by atoms with Crippen LogP contribution in [0.25, 0.3) is 0 Å². The Hall–Kier alpha value is -0.423. The minimum atomic E-state index is 0.701. The molecule has 0 spiro atoms. The van der Waals surface area contributed by atoms with Crippen molar-refractivity contribution in [2.45, 2.75) is 25.0 Å². The van der Waals surface area contributed by atoms with E-state index in [0.29, 0.717) is 13.2 Å². The standard InChI is InChI=1S/C12H17O2.Li/c1-3-9-13-10-11-5-7-12(8-6-11)14-4-2;/h5-8H,1,3-4,9-10H2,2H3;. The second-order valence-electron chi connectivity index (χ2n) is 3.48. The van der Waals surface area contributed by atoms with Crippen LogP contribution in [-0.4, -0.2) is 30.9 Å². The molecule has 0 aliphatic rings. The third-order valence-electron chi connectivity index (χ3n) is 2.15. The fourth-order valence-electron chi connectivity index (χ4n) is 1.28. The van der Waals surface area contributed by atoms with Gasteiger partial charge in [0.1, 0.15) is 0 Å². The van der Waals surface area contributed by atoms with Gasteiger partial charge in [0.25, 0.3) is 0 Å². The maximum absolute atomic E-state index is 5.52. The van der Waals surface area contributed by atoms with E-state index in [1.54, 1.807) is 0 Å². The quantitative estimate of drug-likeness (QED) is 0.497. The van der Waals surface area contributed by atoms with Crippen LogP contribution in [0.5, 0.6) is 5.75 Å². The normalized spacial score (nSPS) is 10.3. The first kappa shape index (κ1) is 12.6. The van der Waals surface area contributed by atoms with Crippen LogP contribution in [0.1, 0.15) is 18.9 Å². The second-order valence-corrected chi connectivity index (χ2v) is 3.48. The van der Waals surface area contributed by atoms with Gasteiger partial charge in [-0.25, -0.2) is 0 Å². The first-order valence-electron chi connectivity index (χ1n) is 5.66. The average Bonchev–Trinajstić information content (AvgIpc) is 2.27. The van der Waals surface area contributed by atoms with Crippen LogP contribution in [0.4, 0.5) is 0 Å². The van der Waals surface area contributed by atoms with Crippen LogP contribution in [0, 0.1) is 0 Å². The van der Waals surface area contributed by atoms with Crippen LogP contribution in [0.3, 0.4) is 0 Å². The zero-order valence-corrected chi connectivity index (χ0v) is 9.66. The molecule has 1 rings (SSSR count). The molecule has 0 aromatic heterocycles. The number of ether oxygens (including phenoxy) is 2. The van der Waals surface area contributed by atoms with Crippen molar-refractivity contribution in [3.05, 3.63) is 29.8 Å². The summed E-state index contributed by atoms with van der Waals surface area (Å²) in [5.41, 5.74) is 1.20. The molecule has 0 amide bonds. The van der Waals surface area contributed by atoms with E-state index >= 15 is 0 Å². The molecular weight excluding hydrogens is 183 g/mol. The number of hydrogen-bond donors (Lipinski definition) is 0. The zero-order valence-electron chi connectivity index (χ0n) is 9.66. The Morgan fingerprint density at radius 1 is 1.20 bits per heavy atom. The molecule has 78 valence electrons. The molecule has 3 heteroatoms. The summed E-state index contributed by atoms with van der Waals surface area (Å²) in [4.78, 5) is 0. The topological polar surface area (TPSA) is 18.5 Å². The van der Waals surface area contributed by atoms with E-state index in [1.807, 2.05) is 19.1 Å². The van der Waals surface area contributed by atoms with Gasteiger partial charge in [-0.15, -0.1) is 0 Å². The molecule has 0 N–H and O–H groups in total. The summed E-state index contributed by atoms with van der Waals surface area (Å²) >= 11 is 2.17. The van der Waals surface area contributed by atoms with Gasteiger partial charge in [-0.1, -0.05) is 0 Å². The van der Waals surface area contributed by atoms with Crippen LogP contribution < -0.4 is 4.74 Å². The second kappa shape index (κ2) is 7.82. The van der Waals surface area contributed by atoms with Gasteiger partial charge in [0.15, 0.2) is 0 Å². The summed E-state index contributed by atoms with van der Waals surface area (Å²) in [6, 6.07) is 8.08. The van der Waals surface area contributed by atoms with E-state index in [1.165, 1.54) is 10.7 Å². The van der Waals surface area contributed by atoms with Crippen LogP contribution in [0.2, 0.25) is 5.09 Å². The van der Waals surface area contributed by atoms with Crippen molar-refractivity contribution < 1.29 is 9.47 Å². The molecule has 0 atom stereocenters. The fraction of sp³-hybridized carbons (Fsp3) is 0.500. The molecule has 15 heavy (non-hydrogen) atoms. The van der Waals surface area contributed by atoms with Crippen molar-refractivity contribution in [2.75, 3.05) is 13.2 Å². The van der Waals surface area contributed by atoms with Crippen molar-refractivity contribution in [3.8, 4) is 5.75 Å². The fourth-order valence-corrected chi connectivity index (χ4v) is 1.28. The molecule has 0 aliphatic carbocycles. The Morgan fingerprint density at radius 2 is 1.93 bits per heavy atom. The van der Waals surface area contributed by atoms with Crippen molar-refractivity contribution in [2.24, 2.45) is 0 Å². The molecule has 0 heterocycles. The van der Waals surface area contributed by atoms with E-state index < -0.39 is 0 Å². The van der Waals surface area contributed by atoms with Crippen LogP contribution in [0.15, 0.2) is 24.3 Å². The van der Waals surface area contributed by atoms with Crippen molar-refractivity contribution in [3.63, 3.8) is 0 Å². The van der Waals surface area contributed by atoms with E-state index in [2.05, 4.69) is 29.8 Å². The van der Waals surface area contributed by atoms with Crippen molar-refractivity contribution >= 4 is 17.7 Å². The van der Waals surface area contributed by atoms with Crippen molar-refractivity contribution in [1.82, 2.24) is 0 Å². The summed E-state index contributed by atoms with van der Waals surface area (Å²) < 4.78 is 10.9. The average molecular weight is 200 g/mol. The van der Waals surface area contributed by atoms with Gasteiger partial charge in [0.05, 0.1) is 0 Å². The molecule has 2 nitrogen and oxygen atoms in total. The monoisotopic (exact) mass is 200 g/mol. The molecule has 0 fully saturated rings. The molecule has 0 unspecified atom stereocenters. The van der Waals surface area contributed by atoms with E-state index in [9.17, 15) is 0 Å². The predicted octanol–water partition coefficient (Wildman–Crippen LogP) is 2.58. The van der Waals surface area contributed by atoms with Crippen LogP contribution >= 0.6 is 0 Å². The van der Waals surface area contributed by atoms with Crippen LogP contribution in [-0.2, 0) is 11.3 Å². The van der Waals surface area contributed by atoms with Gasteiger partial charge in [0.2, 0.25) is 0 Å². The zero-order chi connectivity index (χ0) is 10.9. The van der Waals surface area contributed by atoms with Gasteiger partial charge in [-0.2, -0.15) is 0 Å². The molecule has 1 aromatic carbocycles. The van der Waals surface area contributed by atoms with E-state index in [4.69, 9.17) is 9.47 Å². The SMILES string of the molecule is [Li][CH2]CCOCc1ccc(OCC)cc1. The third-order valence-corrected chi connectivity index (χ3v) is 2.15.